The molecule has 4 aromatic rings. The van der Waals surface area contributed by atoms with Crippen LogP contribution in [0.1, 0.15) is 41.5 Å². The third-order valence-corrected chi connectivity index (χ3v) is 6.33. The number of hydrogen-bond acceptors (Lipinski definition) is 3. The second-order valence-corrected chi connectivity index (χ2v) is 8.13. The summed E-state index contributed by atoms with van der Waals surface area (Å²) in [6, 6.07) is 16.0. The minimum absolute atomic E-state index is 0.0202. The SMILES string of the molecule is CC(C)c1nc2ccc3c4c2n1-c1cccc2c1B4c1c(cccc1C3=O)O2. The van der Waals surface area contributed by atoms with Gasteiger partial charge in [-0.15, -0.1) is 0 Å². The number of ether oxygens (including phenoxy) is 1. The van der Waals surface area contributed by atoms with E-state index in [4.69, 9.17) is 9.72 Å². The molecule has 0 radical (unpaired) electrons. The molecule has 0 saturated carbocycles. The number of aromatic nitrogens is 2. The number of hydrogen-bond donors (Lipinski definition) is 0. The van der Waals surface area contributed by atoms with Crippen molar-refractivity contribution in [3.63, 3.8) is 0 Å². The van der Waals surface area contributed by atoms with Crippen LogP contribution < -0.4 is 21.1 Å². The predicted octanol–water partition coefficient (Wildman–Crippen LogP) is 2.63. The maximum Gasteiger partial charge on any atom is 0.258 e. The molecule has 0 aliphatic carbocycles. The van der Waals surface area contributed by atoms with Gasteiger partial charge in [0.05, 0.1) is 11.0 Å². The smallest absolute Gasteiger partial charge is 0.258 e. The van der Waals surface area contributed by atoms with Crippen molar-refractivity contribution in [3.8, 4) is 17.2 Å². The lowest BCUT2D eigenvalue weighted by Gasteiger charge is -2.37. The van der Waals surface area contributed by atoms with Crippen LogP contribution in [0.2, 0.25) is 0 Å². The van der Waals surface area contributed by atoms with Gasteiger partial charge in [0.25, 0.3) is 6.71 Å². The van der Waals surface area contributed by atoms with Crippen molar-refractivity contribution in [2.45, 2.75) is 19.8 Å². The molecule has 0 N–H and O–H groups in total. The predicted molar refractivity (Wildman–Crippen MR) is 110 cm³/mol. The Balaban J connectivity index is 1.77. The topological polar surface area (TPSA) is 44.1 Å². The van der Waals surface area contributed by atoms with Crippen molar-refractivity contribution in [1.29, 1.82) is 0 Å². The van der Waals surface area contributed by atoms with Crippen molar-refractivity contribution < 1.29 is 9.53 Å². The summed E-state index contributed by atoms with van der Waals surface area (Å²) >= 11 is 0. The number of carbonyl (C=O) groups is 1. The maximum atomic E-state index is 13.4. The average Bonchev–Trinajstić information content (AvgIpc) is 3.10. The molecule has 1 aromatic heterocycles. The van der Waals surface area contributed by atoms with Gasteiger partial charge in [0.15, 0.2) is 5.78 Å². The number of benzene rings is 3. The largest absolute Gasteiger partial charge is 0.458 e. The highest BCUT2D eigenvalue weighted by Crippen LogP contribution is 2.37. The number of imidazole rings is 1. The quantitative estimate of drug-likeness (QED) is 0.422. The van der Waals surface area contributed by atoms with E-state index in [1.54, 1.807) is 0 Å². The van der Waals surface area contributed by atoms with Gasteiger partial charge in [0, 0.05) is 22.7 Å². The lowest BCUT2D eigenvalue weighted by molar-refractivity contribution is 0.104. The molecular formula is C23H15BN2O2. The normalized spacial score (nSPS) is 14.7. The monoisotopic (exact) mass is 362 g/mol. The minimum atomic E-state index is 0.0202. The molecule has 0 fully saturated rings. The third kappa shape index (κ3) is 1.45. The molecule has 3 aliphatic rings. The zero-order chi connectivity index (χ0) is 18.7. The fraction of sp³-hybridized carbons (Fsp3) is 0.130. The Morgan fingerprint density at radius 2 is 1.68 bits per heavy atom. The standard InChI is InChI=1S/C23H15BN2O2/c1-11(2)23-25-14-10-9-13-19-21(14)26(23)15-6-4-8-17-20(15)24(19)18-12(22(13)27)5-3-7-16(18)28-17/h3-11H,1-2H3. The highest BCUT2D eigenvalue weighted by atomic mass is 16.5. The van der Waals surface area contributed by atoms with Crippen LogP contribution in [0.5, 0.6) is 11.5 Å². The first-order valence-electron chi connectivity index (χ1n) is 9.69. The second-order valence-electron chi connectivity index (χ2n) is 8.13. The Bertz CT molecular complexity index is 1400. The molecular weight excluding hydrogens is 347 g/mol. The van der Waals surface area contributed by atoms with E-state index in [0.29, 0.717) is 0 Å². The van der Waals surface area contributed by atoms with Crippen LogP contribution in [0.25, 0.3) is 16.7 Å². The zero-order valence-electron chi connectivity index (χ0n) is 15.5. The molecule has 0 unspecified atom stereocenters. The Hall–Kier alpha value is -3.34. The fourth-order valence-corrected chi connectivity index (χ4v) is 5.26. The molecule has 0 saturated heterocycles. The van der Waals surface area contributed by atoms with E-state index in [2.05, 4.69) is 24.5 Å². The van der Waals surface area contributed by atoms with Crippen LogP contribution in [-0.4, -0.2) is 22.0 Å². The van der Waals surface area contributed by atoms with Gasteiger partial charge in [0.2, 0.25) is 0 Å². The maximum absolute atomic E-state index is 13.4. The fourth-order valence-electron chi connectivity index (χ4n) is 5.26. The summed E-state index contributed by atoms with van der Waals surface area (Å²) in [6.45, 7) is 4.34. The summed E-state index contributed by atoms with van der Waals surface area (Å²) < 4.78 is 8.54. The number of fused-ring (bicyclic) bond motifs is 1. The Morgan fingerprint density at radius 1 is 0.929 bits per heavy atom. The molecule has 0 bridgehead atoms. The molecule has 28 heavy (non-hydrogen) atoms. The van der Waals surface area contributed by atoms with Crippen molar-refractivity contribution in [2.75, 3.05) is 0 Å². The van der Waals surface area contributed by atoms with Crippen molar-refractivity contribution >= 4 is 39.9 Å². The Kier molecular flexibility index (Phi) is 2.39. The van der Waals surface area contributed by atoms with E-state index in [-0.39, 0.29) is 18.4 Å². The van der Waals surface area contributed by atoms with Crippen LogP contribution in [0.3, 0.4) is 0 Å². The van der Waals surface area contributed by atoms with E-state index in [1.807, 2.05) is 42.5 Å². The van der Waals surface area contributed by atoms with Crippen LogP contribution >= 0.6 is 0 Å². The van der Waals surface area contributed by atoms with Crippen molar-refractivity contribution in [2.24, 2.45) is 0 Å². The van der Waals surface area contributed by atoms with Crippen molar-refractivity contribution in [1.82, 2.24) is 9.55 Å². The molecule has 4 nitrogen and oxygen atoms in total. The van der Waals surface area contributed by atoms with Gasteiger partial charge in [-0.25, -0.2) is 4.98 Å². The van der Waals surface area contributed by atoms with E-state index in [1.165, 1.54) is 0 Å². The molecule has 132 valence electrons. The Morgan fingerprint density at radius 3 is 2.50 bits per heavy atom. The lowest BCUT2D eigenvalue weighted by atomic mass is 9.31. The van der Waals surface area contributed by atoms with Gasteiger partial charge in [0.1, 0.15) is 17.3 Å². The first-order valence-corrected chi connectivity index (χ1v) is 9.69. The number of carbonyl (C=O) groups excluding carboxylic acids is 1. The molecule has 3 aromatic carbocycles. The Labute approximate surface area is 161 Å². The minimum Gasteiger partial charge on any atom is -0.458 e. The summed E-state index contributed by atoms with van der Waals surface area (Å²) in [5.41, 5.74) is 7.94. The lowest BCUT2D eigenvalue weighted by Crippen LogP contribution is -2.63. The van der Waals surface area contributed by atoms with E-state index in [9.17, 15) is 4.79 Å². The van der Waals surface area contributed by atoms with Gasteiger partial charge in [-0.3, -0.25) is 9.36 Å². The summed E-state index contributed by atoms with van der Waals surface area (Å²) in [6.07, 6.45) is 0. The number of rotatable bonds is 1. The number of ketones is 1. The van der Waals surface area contributed by atoms with Gasteiger partial charge in [-0.2, -0.15) is 0 Å². The van der Waals surface area contributed by atoms with Gasteiger partial charge >= 0.3 is 0 Å². The first kappa shape index (κ1) is 14.7. The molecule has 0 atom stereocenters. The summed E-state index contributed by atoms with van der Waals surface area (Å²) in [4.78, 5) is 18.3. The van der Waals surface area contributed by atoms with Crippen LogP contribution in [0.4, 0.5) is 0 Å². The summed E-state index contributed by atoms with van der Waals surface area (Å²) in [7, 11) is 0. The van der Waals surface area contributed by atoms with Gasteiger partial charge in [-0.05, 0) is 46.7 Å². The highest BCUT2D eigenvalue weighted by molar-refractivity contribution is 7.01. The van der Waals surface area contributed by atoms with E-state index in [0.717, 1.165) is 61.6 Å². The van der Waals surface area contributed by atoms with E-state index < -0.39 is 0 Å². The average molecular weight is 362 g/mol. The van der Waals surface area contributed by atoms with Crippen LogP contribution in [0.15, 0.2) is 48.5 Å². The molecule has 7 rings (SSSR count). The molecule has 0 spiro atoms. The zero-order valence-corrected chi connectivity index (χ0v) is 15.5. The van der Waals surface area contributed by atoms with Gasteiger partial charge < -0.3 is 4.74 Å². The van der Waals surface area contributed by atoms with Gasteiger partial charge in [-0.1, -0.05) is 32.0 Å². The first-order chi connectivity index (χ1) is 13.6. The summed E-state index contributed by atoms with van der Waals surface area (Å²) in [5.74, 6) is 3.03. The molecule has 0 amide bonds. The molecule has 3 aliphatic heterocycles. The molecule has 4 heterocycles. The molecule has 5 heteroatoms. The van der Waals surface area contributed by atoms with Crippen LogP contribution in [-0.2, 0) is 0 Å². The number of nitrogens with zero attached hydrogens (tertiary/aromatic N) is 2. The second kappa shape index (κ2) is 4.55. The summed E-state index contributed by atoms with van der Waals surface area (Å²) in [5, 5.41) is 0. The highest BCUT2D eigenvalue weighted by Gasteiger charge is 2.47. The van der Waals surface area contributed by atoms with E-state index >= 15 is 0 Å². The third-order valence-electron chi connectivity index (χ3n) is 6.33. The van der Waals surface area contributed by atoms with Crippen LogP contribution in [0, 0.1) is 0 Å². The van der Waals surface area contributed by atoms with Crippen molar-refractivity contribution in [3.05, 3.63) is 65.5 Å².